The molecule has 2 amide bonds. The summed E-state index contributed by atoms with van der Waals surface area (Å²) in [4.78, 5) is 26.2. The molecule has 3 rings (SSSR count). The summed E-state index contributed by atoms with van der Waals surface area (Å²) < 4.78 is 39.4. The van der Waals surface area contributed by atoms with Crippen LogP contribution in [0.2, 0.25) is 0 Å². The molecule has 1 aromatic carbocycles. The number of benzene rings is 1. The number of nitrogens with zero attached hydrogens (tertiary/aromatic N) is 1. The van der Waals surface area contributed by atoms with E-state index in [2.05, 4.69) is 5.32 Å². The van der Waals surface area contributed by atoms with Crippen LogP contribution in [0.5, 0.6) is 0 Å². The maximum absolute atomic E-state index is 13.7. The lowest BCUT2D eigenvalue weighted by Crippen LogP contribution is -2.32. The first-order valence-corrected chi connectivity index (χ1v) is 8.43. The molecule has 0 bridgehead atoms. The van der Waals surface area contributed by atoms with E-state index in [1.807, 2.05) is 0 Å². The summed E-state index contributed by atoms with van der Waals surface area (Å²) in [7, 11) is 1.55. The average Bonchev–Trinajstić information content (AvgIpc) is 3.16. The van der Waals surface area contributed by atoms with Crippen molar-refractivity contribution in [3.05, 3.63) is 52.0 Å². The fourth-order valence-electron chi connectivity index (χ4n) is 2.94. The second kappa shape index (κ2) is 6.87. The Labute approximate surface area is 146 Å². The summed E-state index contributed by atoms with van der Waals surface area (Å²) in [5.74, 6) is -3.29. The molecular weight excluding hydrogens is 353 g/mol. The number of carbonyl (C=O) groups excluding carboxylic acids is 2. The van der Waals surface area contributed by atoms with E-state index in [9.17, 15) is 22.8 Å². The van der Waals surface area contributed by atoms with Crippen molar-refractivity contribution in [1.82, 2.24) is 4.90 Å². The van der Waals surface area contributed by atoms with Crippen LogP contribution in [-0.2, 0) is 9.59 Å². The molecule has 0 radical (unpaired) electrons. The first-order chi connectivity index (χ1) is 11.9. The van der Waals surface area contributed by atoms with Crippen LogP contribution in [-0.4, -0.2) is 30.3 Å². The van der Waals surface area contributed by atoms with Crippen LogP contribution in [0, 0.1) is 11.7 Å². The van der Waals surface area contributed by atoms with Crippen LogP contribution < -0.4 is 5.32 Å². The van der Waals surface area contributed by atoms with Gasteiger partial charge in [-0.15, -0.1) is 11.3 Å². The number of carbonyl (C=O) groups is 2. The molecule has 1 aliphatic heterocycles. The smallest absolute Gasteiger partial charge is 0.272 e. The van der Waals surface area contributed by atoms with Crippen molar-refractivity contribution in [2.24, 2.45) is 5.92 Å². The number of anilines is 1. The van der Waals surface area contributed by atoms with Gasteiger partial charge >= 0.3 is 0 Å². The fourth-order valence-corrected chi connectivity index (χ4v) is 3.77. The van der Waals surface area contributed by atoms with Gasteiger partial charge in [-0.05, 0) is 29.1 Å². The third kappa shape index (κ3) is 3.39. The van der Waals surface area contributed by atoms with Crippen molar-refractivity contribution in [2.75, 3.05) is 18.9 Å². The number of likely N-dealkylation sites (tertiary alicyclic amines) is 1. The van der Waals surface area contributed by atoms with Crippen LogP contribution in [0.25, 0.3) is 0 Å². The molecule has 1 N–H and O–H groups in total. The van der Waals surface area contributed by atoms with Gasteiger partial charge in [0, 0.05) is 19.5 Å². The number of hydrogen-bond donors (Lipinski definition) is 1. The summed E-state index contributed by atoms with van der Waals surface area (Å²) in [6.07, 6.45) is -2.60. The number of para-hydroxylation sites is 1. The van der Waals surface area contributed by atoms with Crippen molar-refractivity contribution in [3.63, 3.8) is 0 Å². The first-order valence-electron chi connectivity index (χ1n) is 7.55. The largest absolute Gasteiger partial charge is 0.344 e. The van der Waals surface area contributed by atoms with E-state index in [0.717, 1.165) is 11.3 Å². The highest BCUT2D eigenvalue weighted by molar-refractivity contribution is 7.10. The van der Waals surface area contributed by atoms with Crippen LogP contribution in [0.4, 0.5) is 18.9 Å². The third-order valence-corrected chi connectivity index (χ3v) is 5.17. The summed E-state index contributed by atoms with van der Waals surface area (Å²) in [6, 6.07) is 6.97. The molecule has 2 heterocycles. The molecule has 132 valence electrons. The molecule has 2 atom stereocenters. The first kappa shape index (κ1) is 17.5. The maximum Gasteiger partial charge on any atom is 0.272 e. The Hall–Kier alpha value is -2.35. The highest BCUT2D eigenvalue weighted by Crippen LogP contribution is 2.38. The lowest BCUT2D eigenvalue weighted by molar-refractivity contribution is -0.135. The number of amides is 2. The standard InChI is InChI=1S/C17H15F3N2O2S/c1-22-7-10(9-6-13(15(19)20)25-8-9)14(17(22)24)16(23)21-12-5-3-2-4-11(12)18/h2-6,8,10,14-15H,7H2,1H3,(H,21,23)/t10-,14+/m1/s1. The molecule has 2 aromatic rings. The molecule has 25 heavy (non-hydrogen) atoms. The third-order valence-electron chi connectivity index (χ3n) is 4.21. The Morgan fingerprint density at radius 2 is 2.08 bits per heavy atom. The van der Waals surface area contributed by atoms with Crippen molar-refractivity contribution in [2.45, 2.75) is 12.3 Å². The molecule has 1 aromatic heterocycles. The number of halogens is 3. The average molecular weight is 368 g/mol. The predicted molar refractivity (Wildman–Crippen MR) is 88.2 cm³/mol. The Morgan fingerprint density at radius 1 is 1.36 bits per heavy atom. The van der Waals surface area contributed by atoms with E-state index in [1.54, 1.807) is 18.5 Å². The summed E-state index contributed by atoms with van der Waals surface area (Å²) in [5.41, 5.74) is 0.499. The Bertz CT molecular complexity index is 809. The van der Waals surface area contributed by atoms with Crippen molar-refractivity contribution < 1.29 is 22.8 Å². The SMILES string of the molecule is CN1C[C@H](c2csc(C(F)F)c2)[C@@H](C(=O)Nc2ccccc2F)C1=O. The fraction of sp³-hybridized carbons (Fsp3) is 0.294. The minimum Gasteiger partial charge on any atom is -0.344 e. The molecule has 1 saturated heterocycles. The normalized spacial score (nSPS) is 20.4. The predicted octanol–water partition coefficient (Wildman–Crippen LogP) is 3.64. The molecule has 0 unspecified atom stereocenters. The second-order valence-electron chi connectivity index (χ2n) is 5.86. The van der Waals surface area contributed by atoms with Gasteiger partial charge in [0.15, 0.2) is 0 Å². The molecule has 0 spiro atoms. The van der Waals surface area contributed by atoms with E-state index in [-0.39, 0.29) is 17.1 Å². The number of nitrogens with one attached hydrogen (secondary N) is 1. The van der Waals surface area contributed by atoms with Crippen LogP contribution >= 0.6 is 11.3 Å². The van der Waals surface area contributed by atoms with Gasteiger partial charge in [-0.2, -0.15) is 0 Å². The molecular formula is C17H15F3N2O2S. The monoisotopic (exact) mass is 368 g/mol. The Kier molecular flexibility index (Phi) is 4.80. The number of thiophene rings is 1. The van der Waals surface area contributed by atoms with Gasteiger partial charge in [-0.25, -0.2) is 13.2 Å². The second-order valence-corrected chi connectivity index (χ2v) is 6.80. The zero-order chi connectivity index (χ0) is 18.1. The molecule has 0 saturated carbocycles. The van der Waals surface area contributed by atoms with E-state index >= 15 is 0 Å². The van der Waals surface area contributed by atoms with Gasteiger partial charge in [0.1, 0.15) is 11.7 Å². The van der Waals surface area contributed by atoms with E-state index in [1.165, 1.54) is 29.2 Å². The van der Waals surface area contributed by atoms with Gasteiger partial charge in [0.25, 0.3) is 6.43 Å². The number of alkyl halides is 2. The topological polar surface area (TPSA) is 49.4 Å². The van der Waals surface area contributed by atoms with Crippen LogP contribution in [0.1, 0.15) is 22.8 Å². The van der Waals surface area contributed by atoms with Gasteiger partial charge in [-0.1, -0.05) is 12.1 Å². The Balaban J connectivity index is 1.86. The summed E-state index contributed by atoms with van der Waals surface area (Å²) in [6.45, 7) is 0.244. The summed E-state index contributed by atoms with van der Waals surface area (Å²) in [5, 5.41) is 3.97. The molecule has 1 aliphatic rings. The zero-order valence-corrected chi connectivity index (χ0v) is 14.0. The van der Waals surface area contributed by atoms with Crippen molar-refractivity contribution in [3.8, 4) is 0 Å². The Morgan fingerprint density at radius 3 is 2.72 bits per heavy atom. The van der Waals surface area contributed by atoms with Crippen LogP contribution in [0.3, 0.4) is 0 Å². The number of hydrogen-bond acceptors (Lipinski definition) is 3. The maximum atomic E-state index is 13.7. The summed E-state index contributed by atoms with van der Waals surface area (Å²) >= 11 is 0.896. The van der Waals surface area contributed by atoms with Gasteiger partial charge in [-0.3, -0.25) is 9.59 Å². The minimum atomic E-state index is -2.60. The van der Waals surface area contributed by atoms with Crippen molar-refractivity contribution in [1.29, 1.82) is 0 Å². The van der Waals surface area contributed by atoms with Crippen LogP contribution in [0.15, 0.2) is 35.7 Å². The van der Waals surface area contributed by atoms with Gasteiger partial charge in [0.2, 0.25) is 11.8 Å². The lowest BCUT2D eigenvalue weighted by Gasteiger charge is -2.16. The van der Waals surface area contributed by atoms with Crippen molar-refractivity contribution >= 4 is 28.8 Å². The highest BCUT2D eigenvalue weighted by Gasteiger charge is 2.44. The number of rotatable bonds is 4. The molecule has 0 aliphatic carbocycles. The highest BCUT2D eigenvalue weighted by atomic mass is 32.1. The quantitative estimate of drug-likeness (QED) is 0.838. The molecule has 8 heteroatoms. The van der Waals surface area contributed by atoms with Gasteiger partial charge in [0.05, 0.1) is 10.6 Å². The zero-order valence-electron chi connectivity index (χ0n) is 13.2. The molecule has 1 fully saturated rings. The van der Waals surface area contributed by atoms with E-state index < -0.39 is 35.9 Å². The van der Waals surface area contributed by atoms with Gasteiger partial charge < -0.3 is 10.2 Å². The minimum absolute atomic E-state index is 0.0211. The van der Waals surface area contributed by atoms with E-state index in [0.29, 0.717) is 5.56 Å². The molecule has 4 nitrogen and oxygen atoms in total. The number of likely N-dealkylation sites (N-methyl/N-ethyl adjacent to an activating group) is 1. The van der Waals surface area contributed by atoms with E-state index in [4.69, 9.17) is 0 Å². The lowest BCUT2D eigenvalue weighted by atomic mass is 9.89.